The fourth-order valence-electron chi connectivity index (χ4n) is 4.68. The van der Waals surface area contributed by atoms with Crippen molar-refractivity contribution in [3.63, 3.8) is 0 Å². The summed E-state index contributed by atoms with van der Waals surface area (Å²) in [6.45, 7) is 0.656. The van der Waals surface area contributed by atoms with Crippen LogP contribution in [0.2, 0.25) is 0 Å². The molecule has 3 heteroatoms. The van der Waals surface area contributed by atoms with Gasteiger partial charge in [-0.05, 0) is 62.6 Å². The number of hydrogen-bond donors (Lipinski definition) is 1. The molecule has 1 N–H and O–H groups in total. The Morgan fingerprint density at radius 2 is 2.05 bits per heavy atom. The molecule has 114 valence electrons. The summed E-state index contributed by atoms with van der Waals surface area (Å²) in [4.78, 5) is 0. The van der Waals surface area contributed by atoms with E-state index in [1.54, 1.807) is 0 Å². The van der Waals surface area contributed by atoms with E-state index in [2.05, 4.69) is 12.4 Å². The lowest BCUT2D eigenvalue weighted by molar-refractivity contribution is 0.0534. The fraction of sp³-hybridized carbons (Fsp3) is 0.667. The van der Waals surface area contributed by atoms with Gasteiger partial charge in [0.25, 0.3) is 0 Å². The highest BCUT2D eigenvalue weighted by Crippen LogP contribution is 2.50. The number of para-hydroxylation sites is 2. The van der Waals surface area contributed by atoms with Crippen molar-refractivity contribution in [1.82, 2.24) is 5.32 Å². The minimum atomic E-state index is 0.129. The number of benzene rings is 1. The maximum absolute atomic E-state index is 6.19. The molecule has 21 heavy (non-hydrogen) atoms. The Morgan fingerprint density at radius 1 is 1.19 bits per heavy atom. The van der Waals surface area contributed by atoms with Crippen molar-refractivity contribution < 1.29 is 9.47 Å². The Balaban J connectivity index is 1.42. The predicted molar refractivity (Wildman–Crippen MR) is 82.8 cm³/mol. The molecule has 0 amide bonds. The molecule has 0 aromatic heterocycles. The number of hydrogen-bond acceptors (Lipinski definition) is 3. The highest BCUT2D eigenvalue weighted by Gasteiger charge is 2.41. The lowest BCUT2D eigenvalue weighted by Gasteiger charge is -2.34. The highest BCUT2D eigenvalue weighted by atomic mass is 16.6. The van der Waals surface area contributed by atoms with E-state index in [1.807, 2.05) is 24.3 Å². The van der Waals surface area contributed by atoms with Crippen LogP contribution in [0.15, 0.2) is 24.3 Å². The number of rotatable bonds is 4. The van der Waals surface area contributed by atoms with Crippen molar-refractivity contribution in [1.29, 1.82) is 0 Å². The van der Waals surface area contributed by atoms with Gasteiger partial charge in [0.15, 0.2) is 11.5 Å². The molecule has 2 bridgehead atoms. The van der Waals surface area contributed by atoms with E-state index in [9.17, 15) is 0 Å². The summed E-state index contributed by atoms with van der Waals surface area (Å²) in [5, 5.41) is 3.48. The van der Waals surface area contributed by atoms with Gasteiger partial charge in [0.1, 0.15) is 12.7 Å². The SMILES string of the molecule is CNC(CC1CC2CCC1C2)C1COc2ccccc2O1. The largest absolute Gasteiger partial charge is 0.486 e. The molecule has 2 fully saturated rings. The van der Waals surface area contributed by atoms with E-state index in [-0.39, 0.29) is 6.10 Å². The van der Waals surface area contributed by atoms with Gasteiger partial charge in [-0.25, -0.2) is 0 Å². The quantitative estimate of drug-likeness (QED) is 0.922. The van der Waals surface area contributed by atoms with Crippen LogP contribution in [0.3, 0.4) is 0 Å². The van der Waals surface area contributed by atoms with Gasteiger partial charge in [0.2, 0.25) is 0 Å². The van der Waals surface area contributed by atoms with Gasteiger partial charge < -0.3 is 14.8 Å². The summed E-state index contributed by atoms with van der Waals surface area (Å²) in [5.41, 5.74) is 0. The Bertz CT molecular complexity index is 504. The second kappa shape index (κ2) is 5.53. The first-order valence-corrected chi connectivity index (χ1v) is 8.39. The van der Waals surface area contributed by atoms with Crippen molar-refractivity contribution in [2.45, 2.75) is 44.2 Å². The van der Waals surface area contributed by atoms with Crippen LogP contribution in [0.4, 0.5) is 0 Å². The maximum Gasteiger partial charge on any atom is 0.161 e. The third kappa shape index (κ3) is 2.52. The summed E-state index contributed by atoms with van der Waals surface area (Å²) < 4.78 is 12.1. The van der Waals surface area contributed by atoms with Crippen LogP contribution in [-0.2, 0) is 0 Å². The summed E-state index contributed by atoms with van der Waals surface area (Å²) in [6.07, 6.45) is 7.20. The van der Waals surface area contributed by atoms with Gasteiger partial charge in [-0.2, -0.15) is 0 Å². The van der Waals surface area contributed by atoms with Gasteiger partial charge >= 0.3 is 0 Å². The molecule has 1 aromatic rings. The van der Waals surface area contributed by atoms with Crippen LogP contribution in [0.25, 0.3) is 0 Å². The molecular weight excluding hydrogens is 262 g/mol. The first kappa shape index (κ1) is 13.4. The van der Waals surface area contributed by atoms with Crippen LogP contribution in [0.1, 0.15) is 32.1 Å². The molecule has 4 rings (SSSR count). The Hall–Kier alpha value is -1.22. The van der Waals surface area contributed by atoms with E-state index < -0.39 is 0 Å². The van der Waals surface area contributed by atoms with Gasteiger partial charge in [0.05, 0.1) is 0 Å². The van der Waals surface area contributed by atoms with E-state index in [1.165, 1.54) is 32.1 Å². The van der Waals surface area contributed by atoms with E-state index in [0.29, 0.717) is 12.6 Å². The van der Waals surface area contributed by atoms with Crippen molar-refractivity contribution in [2.75, 3.05) is 13.7 Å². The fourth-order valence-corrected chi connectivity index (χ4v) is 4.68. The average molecular weight is 287 g/mol. The zero-order valence-corrected chi connectivity index (χ0v) is 12.8. The first-order valence-electron chi connectivity index (χ1n) is 8.39. The van der Waals surface area contributed by atoms with E-state index >= 15 is 0 Å². The molecular formula is C18H25NO2. The molecule has 5 unspecified atom stereocenters. The second-order valence-corrected chi connectivity index (χ2v) is 6.98. The van der Waals surface area contributed by atoms with Crippen LogP contribution in [0, 0.1) is 17.8 Å². The highest BCUT2D eigenvalue weighted by molar-refractivity contribution is 5.40. The summed E-state index contributed by atoms with van der Waals surface area (Å²) in [5.74, 6) is 4.65. The lowest BCUT2D eigenvalue weighted by Crippen LogP contribution is -2.47. The summed E-state index contributed by atoms with van der Waals surface area (Å²) in [6, 6.07) is 8.38. The first-order chi connectivity index (χ1) is 10.3. The smallest absolute Gasteiger partial charge is 0.161 e. The summed E-state index contributed by atoms with van der Waals surface area (Å²) >= 11 is 0. The van der Waals surface area contributed by atoms with Crippen molar-refractivity contribution >= 4 is 0 Å². The molecule has 1 aliphatic heterocycles. The molecule has 3 nitrogen and oxygen atoms in total. The maximum atomic E-state index is 6.19. The van der Waals surface area contributed by atoms with Crippen LogP contribution in [0.5, 0.6) is 11.5 Å². The van der Waals surface area contributed by atoms with E-state index in [4.69, 9.17) is 9.47 Å². The Kier molecular flexibility index (Phi) is 3.54. The van der Waals surface area contributed by atoms with Gasteiger partial charge in [-0.1, -0.05) is 18.6 Å². The topological polar surface area (TPSA) is 30.5 Å². The zero-order chi connectivity index (χ0) is 14.2. The van der Waals surface area contributed by atoms with Crippen molar-refractivity contribution in [2.24, 2.45) is 17.8 Å². The number of ether oxygens (including phenoxy) is 2. The normalized spacial score (nSPS) is 34.9. The minimum absolute atomic E-state index is 0.129. The second-order valence-electron chi connectivity index (χ2n) is 6.98. The molecule has 0 radical (unpaired) electrons. The molecule has 3 aliphatic rings. The van der Waals surface area contributed by atoms with E-state index in [0.717, 1.165) is 29.3 Å². The third-order valence-electron chi connectivity index (χ3n) is 5.79. The number of likely N-dealkylation sites (N-methyl/N-ethyl adjacent to an activating group) is 1. The molecule has 2 aliphatic carbocycles. The van der Waals surface area contributed by atoms with Crippen LogP contribution < -0.4 is 14.8 Å². The van der Waals surface area contributed by atoms with Crippen molar-refractivity contribution in [3.05, 3.63) is 24.3 Å². The summed E-state index contributed by atoms with van der Waals surface area (Å²) in [7, 11) is 2.06. The molecule has 0 saturated heterocycles. The molecule has 1 aromatic carbocycles. The molecule has 5 atom stereocenters. The van der Waals surface area contributed by atoms with Gasteiger partial charge in [0, 0.05) is 6.04 Å². The van der Waals surface area contributed by atoms with Crippen molar-refractivity contribution in [3.8, 4) is 11.5 Å². The molecule has 1 heterocycles. The number of fused-ring (bicyclic) bond motifs is 3. The average Bonchev–Trinajstić information content (AvgIpc) is 3.15. The molecule has 2 saturated carbocycles. The Labute approximate surface area is 127 Å². The standard InChI is InChI=1S/C18H25NO2/c1-19-15(10-14-9-12-6-7-13(14)8-12)18-11-20-16-4-2-3-5-17(16)21-18/h2-5,12-15,18-19H,6-11H2,1H3. The predicted octanol–water partition coefficient (Wildman–Crippen LogP) is 3.24. The van der Waals surface area contributed by atoms with Gasteiger partial charge in [-0.3, -0.25) is 0 Å². The lowest BCUT2D eigenvalue weighted by atomic mass is 9.83. The minimum Gasteiger partial charge on any atom is -0.486 e. The molecule has 0 spiro atoms. The third-order valence-corrected chi connectivity index (χ3v) is 5.79. The van der Waals surface area contributed by atoms with Crippen LogP contribution in [-0.4, -0.2) is 25.8 Å². The Morgan fingerprint density at radius 3 is 2.76 bits per heavy atom. The monoisotopic (exact) mass is 287 g/mol. The van der Waals surface area contributed by atoms with Gasteiger partial charge in [-0.15, -0.1) is 0 Å². The zero-order valence-electron chi connectivity index (χ0n) is 12.8. The number of nitrogens with one attached hydrogen (secondary N) is 1. The van der Waals surface area contributed by atoms with Crippen LogP contribution >= 0.6 is 0 Å².